The first-order chi connectivity index (χ1) is 10.0. The molecule has 1 aromatic carbocycles. The van der Waals surface area contributed by atoms with E-state index in [0.717, 1.165) is 31.2 Å². The maximum Gasteiger partial charge on any atom is 0.123 e. The van der Waals surface area contributed by atoms with Gasteiger partial charge < -0.3 is 5.32 Å². The van der Waals surface area contributed by atoms with Crippen molar-refractivity contribution in [3.8, 4) is 10.6 Å². The van der Waals surface area contributed by atoms with E-state index in [1.165, 1.54) is 16.8 Å². The van der Waals surface area contributed by atoms with E-state index in [1.807, 2.05) is 0 Å². The zero-order valence-electron chi connectivity index (χ0n) is 13.0. The summed E-state index contributed by atoms with van der Waals surface area (Å²) in [5.74, 6) is 0. The Morgan fingerprint density at radius 2 is 2.05 bits per heavy atom. The first kappa shape index (κ1) is 14.7. The zero-order valence-corrected chi connectivity index (χ0v) is 13.8. The lowest BCUT2D eigenvalue weighted by Gasteiger charge is -2.38. The zero-order chi connectivity index (χ0) is 14.9. The summed E-state index contributed by atoms with van der Waals surface area (Å²) < 4.78 is 0. The third-order valence-electron chi connectivity index (χ3n) is 3.89. The first-order valence-electron chi connectivity index (χ1n) is 7.51. The lowest BCUT2D eigenvalue weighted by Crippen LogP contribution is -2.56. The molecule has 1 aliphatic rings. The molecule has 2 heterocycles. The number of nitrogens with zero attached hydrogens (tertiary/aromatic N) is 2. The summed E-state index contributed by atoms with van der Waals surface area (Å²) >= 11 is 1.74. The summed E-state index contributed by atoms with van der Waals surface area (Å²) in [5, 5.41) is 6.87. The Labute approximate surface area is 131 Å². The van der Waals surface area contributed by atoms with Gasteiger partial charge >= 0.3 is 0 Å². The topological polar surface area (TPSA) is 28.2 Å². The number of aryl methyl sites for hydroxylation is 1. The molecule has 0 unspecified atom stereocenters. The van der Waals surface area contributed by atoms with Gasteiger partial charge in [0.15, 0.2) is 0 Å². The van der Waals surface area contributed by atoms with Crippen molar-refractivity contribution in [2.45, 2.75) is 32.9 Å². The molecule has 1 saturated heterocycles. The molecule has 3 rings (SSSR count). The van der Waals surface area contributed by atoms with Crippen LogP contribution in [0.5, 0.6) is 0 Å². The van der Waals surface area contributed by atoms with Gasteiger partial charge in [0.05, 0.1) is 5.69 Å². The molecule has 0 spiro atoms. The van der Waals surface area contributed by atoms with Gasteiger partial charge in [-0.2, -0.15) is 0 Å². The average molecular weight is 301 g/mol. The molecule has 1 aromatic heterocycles. The average Bonchev–Trinajstić information content (AvgIpc) is 2.87. The summed E-state index contributed by atoms with van der Waals surface area (Å²) in [5.41, 5.74) is 3.90. The fourth-order valence-electron chi connectivity index (χ4n) is 2.82. The Morgan fingerprint density at radius 3 is 2.76 bits per heavy atom. The highest BCUT2D eigenvalue weighted by Crippen LogP contribution is 2.25. The van der Waals surface area contributed by atoms with Crippen LogP contribution in [0.2, 0.25) is 0 Å². The van der Waals surface area contributed by atoms with E-state index >= 15 is 0 Å². The predicted octanol–water partition coefficient (Wildman–Crippen LogP) is 3.30. The van der Waals surface area contributed by atoms with Crippen LogP contribution in [0.1, 0.15) is 25.1 Å². The Balaban J connectivity index is 1.69. The summed E-state index contributed by atoms with van der Waals surface area (Å²) in [6, 6.07) is 8.61. The van der Waals surface area contributed by atoms with Crippen LogP contribution in [-0.2, 0) is 6.54 Å². The third kappa shape index (κ3) is 3.70. The van der Waals surface area contributed by atoms with E-state index in [2.05, 4.69) is 60.6 Å². The molecule has 1 aliphatic heterocycles. The minimum Gasteiger partial charge on any atom is -0.309 e. The molecule has 4 heteroatoms. The summed E-state index contributed by atoms with van der Waals surface area (Å²) in [6.45, 7) is 10.8. The largest absolute Gasteiger partial charge is 0.309 e. The number of hydrogen-bond donors (Lipinski definition) is 1. The van der Waals surface area contributed by atoms with Gasteiger partial charge in [-0.1, -0.05) is 29.8 Å². The van der Waals surface area contributed by atoms with Crippen LogP contribution in [0.15, 0.2) is 29.6 Å². The van der Waals surface area contributed by atoms with Crippen LogP contribution in [0.4, 0.5) is 0 Å². The van der Waals surface area contributed by atoms with Crippen LogP contribution < -0.4 is 5.32 Å². The van der Waals surface area contributed by atoms with E-state index in [9.17, 15) is 0 Å². The molecule has 3 nitrogen and oxygen atoms in total. The quantitative estimate of drug-likeness (QED) is 0.943. The molecule has 112 valence electrons. The second-order valence-electron chi connectivity index (χ2n) is 6.53. The number of hydrogen-bond acceptors (Lipinski definition) is 4. The van der Waals surface area contributed by atoms with E-state index < -0.39 is 0 Å². The molecule has 2 aromatic rings. The summed E-state index contributed by atoms with van der Waals surface area (Å²) in [7, 11) is 0. The number of aromatic nitrogens is 1. The van der Waals surface area contributed by atoms with E-state index in [4.69, 9.17) is 4.98 Å². The Hall–Kier alpha value is -1.23. The van der Waals surface area contributed by atoms with E-state index in [-0.39, 0.29) is 5.54 Å². The first-order valence-corrected chi connectivity index (χ1v) is 8.39. The smallest absolute Gasteiger partial charge is 0.123 e. The number of nitrogens with one attached hydrogen (secondary N) is 1. The van der Waals surface area contributed by atoms with Gasteiger partial charge in [0.25, 0.3) is 0 Å². The normalized spacial score (nSPS) is 18.8. The van der Waals surface area contributed by atoms with Crippen molar-refractivity contribution in [2.24, 2.45) is 0 Å². The monoisotopic (exact) mass is 301 g/mol. The second-order valence-corrected chi connectivity index (χ2v) is 7.39. The highest BCUT2D eigenvalue weighted by Gasteiger charge is 2.25. The van der Waals surface area contributed by atoms with Crippen molar-refractivity contribution in [3.05, 3.63) is 40.9 Å². The summed E-state index contributed by atoms with van der Waals surface area (Å²) in [6.07, 6.45) is 0. The molecular formula is C17H23N3S. The van der Waals surface area contributed by atoms with Crippen molar-refractivity contribution in [2.75, 3.05) is 19.6 Å². The van der Waals surface area contributed by atoms with Crippen molar-refractivity contribution in [3.63, 3.8) is 0 Å². The molecule has 0 bridgehead atoms. The van der Waals surface area contributed by atoms with Crippen molar-refractivity contribution < 1.29 is 0 Å². The molecular weight excluding hydrogens is 278 g/mol. The number of benzene rings is 1. The van der Waals surface area contributed by atoms with Gasteiger partial charge in [0.2, 0.25) is 0 Å². The van der Waals surface area contributed by atoms with Gasteiger partial charge in [0, 0.05) is 42.7 Å². The molecule has 0 aliphatic carbocycles. The lowest BCUT2D eigenvalue weighted by atomic mass is 10.0. The standard InChI is InChI=1S/C17H23N3S/c1-13-4-6-14(7-5-13)16-19-15(11-21-16)10-20-9-8-18-17(2,3)12-20/h4-7,11,18H,8-10,12H2,1-3H3. The molecule has 21 heavy (non-hydrogen) atoms. The van der Waals surface area contributed by atoms with Gasteiger partial charge in [-0.25, -0.2) is 4.98 Å². The van der Waals surface area contributed by atoms with Crippen LogP contribution in [0.3, 0.4) is 0 Å². The number of thiazole rings is 1. The van der Waals surface area contributed by atoms with Gasteiger partial charge in [0.1, 0.15) is 5.01 Å². The highest BCUT2D eigenvalue weighted by molar-refractivity contribution is 7.13. The molecule has 1 N–H and O–H groups in total. The van der Waals surface area contributed by atoms with Gasteiger partial charge in [-0.15, -0.1) is 11.3 Å². The van der Waals surface area contributed by atoms with Gasteiger partial charge in [-0.05, 0) is 20.8 Å². The number of rotatable bonds is 3. The maximum absolute atomic E-state index is 4.81. The van der Waals surface area contributed by atoms with E-state index in [0.29, 0.717) is 0 Å². The summed E-state index contributed by atoms with van der Waals surface area (Å²) in [4.78, 5) is 7.30. The van der Waals surface area contributed by atoms with Crippen molar-refractivity contribution in [1.29, 1.82) is 0 Å². The SMILES string of the molecule is Cc1ccc(-c2nc(CN3CCNC(C)(C)C3)cs2)cc1. The second kappa shape index (κ2) is 5.87. The number of piperazine rings is 1. The maximum atomic E-state index is 4.81. The Kier molecular flexibility index (Phi) is 4.11. The van der Waals surface area contributed by atoms with Crippen molar-refractivity contribution in [1.82, 2.24) is 15.2 Å². The third-order valence-corrected chi connectivity index (χ3v) is 4.83. The predicted molar refractivity (Wildman–Crippen MR) is 89.6 cm³/mol. The van der Waals surface area contributed by atoms with E-state index in [1.54, 1.807) is 11.3 Å². The molecule has 1 fully saturated rings. The van der Waals surface area contributed by atoms with Crippen molar-refractivity contribution >= 4 is 11.3 Å². The Morgan fingerprint density at radius 1 is 1.29 bits per heavy atom. The van der Waals surface area contributed by atoms with Gasteiger partial charge in [-0.3, -0.25) is 4.90 Å². The Bertz CT molecular complexity index is 601. The molecule has 0 saturated carbocycles. The fourth-order valence-corrected chi connectivity index (χ4v) is 3.64. The lowest BCUT2D eigenvalue weighted by molar-refractivity contribution is 0.147. The molecule has 0 radical (unpaired) electrons. The van der Waals surface area contributed by atoms with Crippen LogP contribution in [0.25, 0.3) is 10.6 Å². The van der Waals surface area contributed by atoms with Crippen LogP contribution >= 0.6 is 11.3 Å². The molecule has 0 atom stereocenters. The molecule has 0 amide bonds. The minimum atomic E-state index is 0.202. The minimum absolute atomic E-state index is 0.202. The van der Waals surface area contributed by atoms with Crippen LogP contribution in [-0.4, -0.2) is 35.1 Å². The fraction of sp³-hybridized carbons (Fsp3) is 0.471. The van der Waals surface area contributed by atoms with Crippen LogP contribution in [0, 0.1) is 6.92 Å². The highest BCUT2D eigenvalue weighted by atomic mass is 32.1.